The maximum Gasteiger partial charge on any atom is 0.337 e. The summed E-state index contributed by atoms with van der Waals surface area (Å²) in [5.41, 5.74) is 0.371. The van der Waals surface area contributed by atoms with Crippen molar-refractivity contribution in [3.63, 3.8) is 0 Å². The minimum atomic E-state index is -1.39. The molecule has 0 aromatic heterocycles. The molecule has 1 saturated heterocycles. The van der Waals surface area contributed by atoms with E-state index >= 15 is 0 Å². The first-order valence-corrected chi connectivity index (χ1v) is 13.7. The van der Waals surface area contributed by atoms with Crippen LogP contribution in [0.3, 0.4) is 0 Å². The lowest BCUT2D eigenvalue weighted by Gasteiger charge is -2.51. The predicted octanol–water partition coefficient (Wildman–Crippen LogP) is 3.44. The largest absolute Gasteiger partial charge is 0.466 e. The Bertz CT molecular complexity index is 1460. The third-order valence-electron chi connectivity index (χ3n) is 8.32. The van der Waals surface area contributed by atoms with Crippen LogP contribution in [0.1, 0.15) is 54.3 Å². The summed E-state index contributed by atoms with van der Waals surface area (Å²) in [6.07, 6.45) is 4.76. The van der Waals surface area contributed by atoms with Gasteiger partial charge in [0.2, 0.25) is 0 Å². The summed E-state index contributed by atoms with van der Waals surface area (Å²) < 4.78 is 32.5. The minimum absolute atomic E-state index is 0.0166. The minimum Gasteiger partial charge on any atom is -0.466 e. The van der Waals surface area contributed by atoms with Gasteiger partial charge in [-0.05, 0) is 60.9 Å². The van der Waals surface area contributed by atoms with E-state index in [1.54, 1.807) is 0 Å². The smallest absolute Gasteiger partial charge is 0.337 e. The number of ether oxygens (including phenoxy) is 1. The Morgan fingerprint density at radius 1 is 1.14 bits per heavy atom. The van der Waals surface area contributed by atoms with E-state index in [1.807, 2.05) is 24.3 Å². The number of amides is 4. The number of aliphatic hydroxyl groups is 1. The van der Waals surface area contributed by atoms with E-state index in [2.05, 4.69) is 21.6 Å². The average Bonchev–Trinajstić information content (AvgIpc) is 2.99. The van der Waals surface area contributed by atoms with Gasteiger partial charge in [0.15, 0.2) is 11.6 Å². The standard InChI is InChI=1S/C30H31F2N5O5/c1-42-27(38)23-14-34-28(39)37(26(23)19-8-11-24(31)25(32)12-19)29(40)35-15-30(41)16-36(17-30)21-9-6-18(7-10-21)22-5-3-2-4-20(22)13-33/h2-5,8,11-12,14,18,21,26,41H,6-7,9-10,15-17H2,1H3,(H,34,39)(H,35,40). The first-order chi connectivity index (χ1) is 20.1. The van der Waals surface area contributed by atoms with Gasteiger partial charge in [0.25, 0.3) is 0 Å². The van der Waals surface area contributed by atoms with Gasteiger partial charge in [-0.15, -0.1) is 0 Å². The number of likely N-dealkylation sites (tertiary alicyclic amines) is 1. The first-order valence-electron chi connectivity index (χ1n) is 13.7. The molecule has 1 atom stereocenters. The molecule has 3 N–H and O–H groups in total. The highest BCUT2D eigenvalue weighted by molar-refractivity contribution is 6.00. The number of nitriles is 1. The van der Waals surface area contributed by atoms with Crippen LogP contribution in [-0.2, 0) is 9.53 Å². The number of nitrogens with zero attached hydrogens (tertiary/aromatic N) is 3. The molecule has 2 heterocycles. The van der Waals surface area contributed by atoms with Gasteiger partial charge in [-0.2, -0.15) is 5.26 Å². The topological polar surface area (TPSA) is 135 Å². The van der Waals surface area contributed by atoms with Gasteiger partial charge in [0, 0.05) is 25.3 Å². The molecule has 10 nitrogen and oxygen atoms in total. The van der Waals surface area contributed by atoms with E-state index in [4.69, 9.17) is 4.74 Å². The highest BCUT2D eigenvalue weighted by Crippen LogP contribution is 2.39. The number of imide groups is 1. The number of carbonyl (C=O) groups is 3. The fraction of sp³-hybridized carbons (Fsp3) is 0.400. The molecule has 1 unspecified atom stereocenters. The van der Waals surface area contributed by atoms with Crippen LogP contribution in [0.5, 0.6) is 0 Å². The van der Waals surface area contributed by atoms with Gasteiger partial charge >= 0.3 is 18.0 Å². The molecule has 4 amide bonds. The van der Waals surface area contributed by atoms with E-state index in [-0.39, 0.29) is 23.7 Å². The van der Waals surface area contributed by atoms with Gasteiger partial charge in [-0.1, -0.05) is 24.3 Å². The lowest BCUT2D eigenvalue weighted by molar-refractivity contribution is -0.136. The lowest BCUT2D eigenvalue weighted by atomic mass is 9.78. The number of hydrogen-bond donors (Lipinski definition) is 3. The summed E-state index contributed by atoms with van der Waals surface area (Å²) in [4.78, 5) is 41.3. The Morgan fingerprint density at radius 3 is 2.52 bits per heavy atom. The van der Waals surface area contributed by atoms with E-state index in [0.717, 1.165) is 56.7 Å². The molecule has 1 aliphatic carbocycles. The number of nitrogens with one attached hydrogen (secondary N) is 2. The summed E-state index contributed by atoms with van der Waals surface area (Å²) in [7, 11) is 1.11. The van der Waals surface area contributed by atoms with Gasteiger partial charge in [-0.25, -0.2) is 28.1 Å². The maximum atomic E-state index is 14.1. The average molecular weight is 580 g/mol. The normalized spacial score (nSPS) is 23.6. The molecule has 5 rings (SSSR count). The van der Waals surface area contributed by atoms with E-state index < -0.39 is 41.3 Å². The van der Waals surface area contributed by atoms with Gasteiger partial charge < -0.3 is 20.5 Å². The van der Waals surface area contributed by atoms with Crippen LogP contribution in [0.25, 0.3) is 0 Å². The van der Waals surface area contributed by atoms with Crippen LogP contribution in [0.15, 0.2) is 54.2 Å². The van der Waals surface area contributed by atoms with Crippen molar-refractivity contribution in [2.24, 2.45) is 0 Å². The molecular formula is C30H31F2N5O5. The zero-order valence-electron chi connectivity index (χ0n) is 23.0. The van der Waals surface area contributed by atoms with Crippen LogP contribution in [0, 0.1) is 23.0 Å². The third kappa shape index (κ3) is 5.70. The Labute approximate surface area is 241 Å². The van der Waals surface area contributed by atoms with Gasteiger partial charge in [-0.3, -0.25) is 4.90 Å². The Kier molecular flexibility index (Phi) is 8.24. The molecule has 0 spiro atoms. The number of urea groups is 2. The number of hydrogen-bond acceptors (Lipinski definition) is 7. The molecule has 2 aromatic rings. The third-order valence-corrected chi connectivity index (χ3v) is 8.32. The molecule has 0 radical (unpaired) electrons. The van der Waals surface area contributed by atoms with E-state index in [9.17, 15) is 33.5 Å². The first kappa shape index (κ1) is 29.2. The molecule has 220 valence electrons. The molecule has 3 aliphatic rings. The second-order valence-electron chi connectivity index (χ2n) is 11.0. The monoisotopic (exact) mass is 579 g/mol. The predicted molar refractivity (Wildman–Crippen MR) is 146 cm³/mol. The van der Waals surface area contributed by atoms with E-state index in [1.165, 1.54) is 6.07 Å². The Balaban J connectivity index is 1.20. The number of esters is 1. The van der Waals surface area contributed by atoms with Crippen molar-refractivity contribution in [1.82, 2.24) is 20.4 Å². The Morgan fingerprint density at radius 2 is 1.86 bits per heavy atom. The number of rotatable bonds is 6. The summed E-state index contributed by atoms with van der Waals surface area (Å²) in [5.74, 6) is -2.90. The number of methoxy groups -OCH3 is 1. The second-order valence-corrected chi connectivity index (χ2v) is 11.0. The summed E-state index contributed by atoms with van der Waals surface area (Å²) in [6, 6.07) is 9.80. The van der Waals surface area contributed by atoms with Crippen molar-refractivity contribution in [1.29, 1.82) is 5.26 Å². The van der Waals surface area contributed by atoms with Crippen molar-refractivity contribution < 1.29 is 33.0 Å². The lowest BCUT2D eigenvalue weighted by Crippen LogP contribution is -2.69. The molecule has 12 heteroatoms. The fourth-order valence-corrected chi connectivity index (χ4v) is 6.17. The number of benzene rings is 2. The van der Waals surface area contributed by atoms with Crippen LogP contribution < -0.4 is 10.6 Å². The summed E-state index contributed by atoms with van der Waals surface area (Å²) in [5, 5.41) is 25.4. The summed E-state index contributed by atoms with van der Waals surface area (Å²) >= 11 is 0. The van der Waals surface area contributed by atoms with Crippen LogP contribution in [0.4, 0.5) is 18.4 Å². The second kappa shape index (κ2) is 11.9. The number of β-amino-alcohol motifs (C(OH)–C–C–N with tert-alkyl or cyclic N) is 1. The number of carbonyl (C=O) groups excluding carboxylic acids is 3. The van der Waals surface area contributed by atoms with Crippen LogP contribution >= 0.6 is 0 Å². The molecule has 2 fully saturated rings. The molecule has 42 heavy (non-hydrogen) atoms. The van der Waals surface area contributed by atoms with Crippen molar-refractivity contribution in [2.75, 3.05) is 26.7 Å². The zero-order valence-corrected chi connectivity index (χ0v) is 23.0. The van der Waals surface area contributed by atoms with Gasteiger partial charge in [0.05, 0.1) is 30.9 Å². The van der Waals surface area contributed by atoms with Crippen LogP contribution in [0.2, 0.25) is 0 Å². The molecular weight excluding hydrogens is 548 g/mol. The van der Waals surface area contributed by atoms with Crippen LogP contribution in [-0.4, -0.2) is 71.3 Å². The fourth-order valence-electron chi connectivity index (χ4n) is 6.17. The molecule has 0 bridgehead atoms. The van der Waals surface area contributed by atoms with E-state index in [0.29, 0.717) is 29.5 Å². The molecule has 2 aromatic carbocycles. The molecule has 2 aliphatic heterocycles. The Hall–Kier alpha value is -4.34. The van der Waals surface area contributed by atoms with Crippen molar-refractivity contribution in [3.8, 4) is 6.07 Å². The molecule has 1 saturated carbocycles. The van der Waals surface area contributed by atoms with Crippen molar-refractivity contribution in [2.45, 2.75) is 49.3 Å². The van der Waals surface area contributed by atoms with Crippen molar-refractivity contribution in [3.05, 3.63) is 82.6 Å². The maximum absolute atomic E-state index is 14.1. The zero-order chi connectivity index (χ0) is 30.0. The number of halogens is 2. The SMILES string of the molecule is COC(=O)C1=CNC(=O)N(C(=O)NCC2(O)CN(C3CCC(c4ccccc4C#N)CC3)C2)C1c1ccc(F)c(F)c1. The highest BCUT2D eigenvalue weighted by Gasteiger charge is 2.46. The highest BCUT2D eigenvalue weighted by atomic mass is 19.2. The quantitative estimate of drug-likeness (QED) is 0.446. The van der Waals surface area contributed by atoms with Gasteiger partial charge in [0.1, 0.15) is 11.6 Å². The summed E-state index contributed by atoms with van der Waals surface area (Å²) in [6.45, 7) is 0.478. The van der Waals surface area contributed by atoms with Crippen molar-refractivity contribution >= 4 is 18.0 Å².